The van der Waals surface area contributed by atoms with E-state index in [9.17, 15) is 4.79 Å². The summed E-state index contributed by atoms with van der Waals surface area (Å²) in [7, 11) is 1.58. The molecule has 0 aliphatic heterocycles. The van der Waals surface area contributed by atoms with E-state index in [0.29, 0.717) is 23.7 Å². The summed E-state index contributed by atoms with van der Waals surface area (Å²) in [5, 5.41) is 0. The van der Waals surface area contributed by atoms with Crippen LogP contribution in [0.5, 0.6) is 11.5 Å². The zero-order valence-electron chi connectivity index (χ0n) is 14.4. The third kappa shape index (κ3) is 3.72. The average Bonchev–Trinajstić information content (AvgIpc) is 2.67. The Morgan fingerprint density at radius 3 is 2.32 bits per heavy atom. The Hall–Kier alpha value is -3.07. The summed E-state index contributed by atoms with van der Waals surface area (Å²) in [6.45, 7) is 2.47. The summed E-state index contributed by atoms with van der Waals surface area (Å²) in [5.74, 6) is 1.20. The molecular formula is C22H20O3. The molecule has 0 saturated heterocycles. The molecule has 0 atom stereocenters. The van der Waals surface area contributed by atoms with Crippen LogP contribution in [0.2, 0.25) is 0 Å². The Kier molecular flexibility index (Phi) is 5.14. The second kappa shape index (κ2) is 7.67. The molecule has 3 nitrogen and oxygen atoms in total. The first-order valence-corrected chi connectivity index (χ1v) is 8.13. The lowest BCUT2D eigenvalue weighted by Crippen LogP contribution is -2.01. The molecule has 0 heterocycles. The molecule has 126 valence electrons. The van der Waals surface area contributed by atoms with E-state index in [1.807, 2.05) is 67.6 Å². The highest BCUT2D eigenvalue weighted by atomic mass is 16.5. The minimum atomic E-state index is 0.427. The maximum absolute atomic E-state index is 11.3. The molecule has 3 heteroatoms. The molecule has 0 unspecified atom stereocenters. The van der Waals surface area contributed by atoms with Gasteiger partial charge in [0.05, 0.1) is 7.11 Å². The number of hydrogen-bond acceptors (Lipinski definition) is 3. The summed E-state index contributed by atoms with van der Waals surface area (Å²) in [6, 6.07) is 21.5. The predicted molar refractivity (Wildman–Crippen MR) is 99.3 cm³/mol. The normalized spacial score (nSPS) is 10.3. The van der Waals surface area contributed by atoms with Crippen molar-refractivity contribution < 1.29 is 14.3 Å². The Morgan fingerprint density at radius 2 is 1.64 bits per heavy atom. The van der Waals surface area contributed by atoms with Crippen LogP contribution < -0.4 is 9.47 Å². The van der Waals surface area contributed by atoms with Crippen LogP contribution in [0.3, 0.4) is 0 Å². The highest BCUT2D eigenvalue weighted by Crippen LogP contribution is 2.40. The molecule has 0 saturated carbocycles. The van der Waals surface area contributed by atoms with Crippen molar-refractivity contribution in [3.05, 3.63) is 83.4 Å². The van der Waals surface area contributed by atoms with Gasteiger partial charge in [0.25, 0.3) is 0 Å². The highest BCUT2D eigenvalue weighted by Gasteiger charge is 2.16. The maximum atomic E-state index is 11.3. The largest absolute Gasteiger partial charge is 0.493 e. The molecular weight excluding hydrogens is 312 g/mol. The molecule has 0 aliphatic rings. The van der Waals surface area contributed by atoms with Crippen LogP contribution in [0.1, 0.15) is 21.5 Å². The Bertz CT molecular complexity index is 870. The van der Waals surface area contributed by atoms with Gasteiger partial charge in [-0.25, -0.2) is 0 Å². The van der Waals surface area contributed by atoms with Crippen molar-refractivity contribution in [2.24, 2.45) is 0 Å². The van der Waals surface area contributed by atoms with E-state index >= 15 is 0 Å². The number of ether oxygens (including phenoxy) is 2. The summed E-state index contributed by atoms with van der Waals surface area (Å²) >= 11 is 0. The van der Waals surface area contributed by atoms with Crippen molar-refractivity contribution in [1.82, 2.24) is 0 Å². The molecule has 0 bridgehead atoms. The van der Waals surface area contributed by atoms with E-state index in [-0.39, 0.29) is 0 Å². The van der Waals surface area contributed by atoms with Gasteiger partial charge in [0.15, 0.2) is 11.5 Å². The third-order valence-electron chi connectivity index (χ3n) is 4.09. The van der Waals surface area contributed by atoms with Gasteiger partial charge >= 0.3 is 0 Å². The first-order chi connectivity index (χ1) is 12.2. The first-order valence-electron chi connectivity index (χ1n) is 8.13. The van der Waals surface area contributed by atoms with Crippen molar-refractivity contribution in [3.8, 4) is 22.6 Å². The molecule has 0 spiro atoms. The fourth-order valence-corrected chi connectivity index (χ4v) is 2.80. The van der Waals surface area contributed by atoms with Crippen LogP contribution in [0.15, 0.2) is 66.7 Å². The van der Waals surface area contributed by atoms with Crippen molar-refractivity contribution in [2.75, 3.05) is 7.11 Å². The minimum Gasteiger partial charge on any atom is -0.493 e. The molecule has 0 N–H and O–H groups in total. The fourth-order valence-electron chi connectivity index (χ4n) is 2.80. The maximum Gasteiger partial charge on any atom is 0.169 e. The molecule has 3 aromatic rings. The second-order valence-corrected chi connectivity index (χ2v) is 5.81. The van der Waals surface area contributed by atoms with Crippen LogP contribution in [-0.2, 0) is 6.61 Å². The number of aldehydes is 1. The number of carbonyl (C=O) groups excluding carboxylic acids is 1. The van der Waals surface area contributed by atoms with E-state index in [0.717, 1.165) is 28.5 Å². The Labute approximate surface area is 147 Å². The van der Waals surface area contributed by atoms with Gasteiger partial charge < -0.3 is 9.47 Å². The van der Waals surface area contributed by atoms with Gasteiger partial charge in [-0.3, -0.25) is 4.79 Å². The number of carbonyl (C=O) groups is 1. The van der Waals surface area contributed by atoms with Gasteiger partial charge in [0.1, 0.15) is 12.9 Å². The first kappa shape index (κ1) is 16.8. The van der Waals surface area contributed by atoms with Crippen molar-refractivity contribution in [3.63, 3.8) is 0 Å². The quantitative estimate of drug-likeness (QED) is 0.592. The Morgan fingerprint density at radius 1 is 0.920 bits per heavy atom. The molecule has 0 aromatic heterocycles. The van der Waals surface area contributed by atoms with E-state index in [4.69, 9.17) is 9.47 Å². The van der Waals surface area contributed by atoms with Crippen molar-refractivity contribution in [2.45, 2.75) is 13.5 Å². The second-order valence-electron chi connectivity index (χ2n) is 5.81. The van der Waals surface area contributed by atoms with Gasteiger partial charge in [-0.15, -0.1) is 0 Å². The smallest absolute Gasteiger partial charge is 0.169 e. The minimum absolute atomic E-state index is 0.427. The number of benzene rings is 3. The highest BCUT2D eigenvalue weighted by molar-refractivity contribution is 5.85. The summed E-state index contributed by atoms with van der Waals surface area (Å²) in [4.78, 5) is 11.3. The molecule has 25 heavy (non-hydrogen) atoms. The number of methoxy groups -OCH3 is 1. The van der Waals surface area contributed by atoms with Gasteiger partial charge in [0, 0.05) is 11.1 Å². The SMILES string of the molecule is COc1cc(C=O)cc(-c2ccccc2C)c1OCc1ccccc1. The molecule has 0 amide bonds. The zero-order chi connectivity index (χ0) is 17.6. The fraction of sp³-hybridized carbons (Fsp3) is 0.136. The summed E-state index contributed by atoms with van der Waals surface area (Å²) in [5.41, 5.74) is 4.61. The van der Waals surface area contributed by atoms with E-state index in [1.165, 1.54) is 0 Å². The van der Waals surface area contributed by atoms with Gasteiger partial charge in [0.2, 0.25) is 0 Å². The zero-order valence-corrected chi connectivity index (χ0v) is 14.4. The third-order valence-corrected chi connectivity index (χ3v) is 4.09. The lowest BCUT2D eigenvalue weighted by molar-refractivity contribution is 0.112. The van der Waals surface area contributed by atoms with Gasteiger partial charge in [-0.1, -0.05) is 54.6 Å². The molecule has 0 aliphatic carbocycles. The number of aryl methyl sites for hydroxylation is 1. The lowest BCUT2D eigenvalue weighted by atomic mass is 9.97. The van der Waals surface area contributed by atoms with Crippen LogP contribution in [0.4, 0.5) is 0 Å². The van der Waals surface area contributed by atoms with Gasteiger partial charge in [-0.2, -0.15) is 0 Å². The number of hydrogen-bond donors (Lipinski definition) is 0. The number of rotatable bonds is 6. The van der Waals surface area contributed by atoms with Crippen molar-refractivity contribution in [1.29, 1.82) is 0 Å². The molecule has 0 radical (unpaired) electrons. The van der Waals surface area contributed by atoms with Gasteiger partial charge in [-0.05, 0) is 35.7 Å². The lowest BCUT2D eigenvalue weighted by Gasteiger charge is -2.17. The van der Waals surface area contributed by atoms with Crippen LogP contribution in [-0.4, -0.2) is 13.4 Å². The van der Waals surface area contributed by atoms with E-state index in [2.05, 4.69) is 0 Å². The van der Waals surface area contributed by atoms with E-state index in [1.54, 1.807) is 13.2 Å². The topological polar surface area (TPSA) is 35.5 Å². The molecule has 3 rings (SSSR count). The average molecular weight is 332 g/mol. The predicted octanol–water partition coefficient (Wildman–Crippen LogP) is 5.06. The van der Waals surface area contributed by atoms with E-state index < -0.39 is 0 Å². The standard InChI is InChI=1S/C22H20O3/c1-16-8-6-7-11-19(16)20-12-18(14-23)13-21(24-2)22(20)25-15-17-9-4-3-5-10-17/h3-14H,15H2,1-2H3. The Balaban J connectivity index is 2.08. The van der Waals surface area contributed by atoms with Crippen LogP contribution >= 0.6 is 0 Å². The monoisotopic (exact) mass is 332 g/mol. The summed E-state index contributed by atoms with van der Waals surface area (Å²) in [6.07, 6.45) is 0.825. The van der Waals surface area contributed by atoms with Crippen LogP contribution in [0, 0.1) is 6.92 Å². The molecule has 0 fully saturated rings. The van der Waals surface area contributed by atoms with Crippen LogP contribution in [0.25, 0.3) is 11.1 Å². The summed E-state index contributed by atoms with van der Waals surface area (Å²) < 4.78 is 11.6. The van der Waals surface area contributed by atoms with Crippen molar-refractivity contribution >= 4 is 6.29 Å². The molecule has 3 aromatic carbocycles.